The maximum atomic E-state index is 12.5. The maximum Gasteiger partial charge on any atom is 0.233 e. The lowest BCUT2D eigenvalue weighted by molar-refractivity contribution is -0.127. The Bertz CT molecular complexity index is 1120. The number of benzene rings is 2. The van der Waals surface area contributed by atoms with Gasteiger partial charge in [-0.1, -0.05) is 42.1 Å². The number of rotatable bonds is 8. The fraction of sp³-hybridized carbons (Fsp3) is 0.238. The molecule has 4 aromatic rings. The highest BCUT2D eigenvalue weighted by Crippen LogP contribution is 2.23. The molecule has 0 saturated carbocycles. The first-order chi connectivity index (χ1) is 14.6. The van der Waals surface area contributed by atoms with Crippen LogP contribution in [0.25, 0.3) is 10.2 Å². The molecule has 30 heavy (non-hydrogen) atoms. The minimum atomic E-state index is 0.00164. The second-order valence-electron chi connectivity index (χ2n) is 6.73. The fourth-order valence-corrected chi connectivity index (χ4v) is 4.57. The summed E-state index contributed by atoms with van der Waals surface area (Å²) in [5, 5.41) is 8.47. The Kier molecular flexibility index (Phi) is 6.29. The Morgan fingerprint density at radius 3 is 2.80 bits per heavy atom. The van der Waals surface area contributed by atoms with E-state index in [0.717, 1.165) is 26.5 Å². The van der Waals surface area contributed by atoms with Gasteiger partial charge in [0.1, 0.15) is 17.4 Å². The lowest BCUT2D eigenvalue weighted by Crippen LogP contribution is -2.27. The molecule has 0 saturated heterocycles. The number of para-hydroxylation sites is 2. The van der Waals surface area contributed by atoms with Crippen LogP contribution in [0.3, 0.4) is 0 Å². The summed E-state index contributed by atoms with van der Waals surface area (Å²) in [5.41, 5.74) is 2.03. The minimum Gasteiger partial charge on any atom is -0.485 e. The number of thioether (sulfide) groups is 1. The third-order valence-corrected chi connectivity index (χ3v) is 6.28. The van der Waals surface area contributed by atoms with E-state index in [9.17, 15) is 4.79 Å². The second-order valence-corrected chi connectivity index (χ2v) is 8.79. The largest absolute Gasteiger partial charge is 0.485 e. The van der Waals surface area contributed by atoms with Crippen molar-refractivity contribution in [1.29, 1.82) is 0 Å². The SMILES string of the molecule is Cc1ccccc1OCc1nc(SCC(=O)N(C)Cc2nc3ccccc3s2)n[nH]1. The van der Waals surface area contributed by atoms with Crippen molar-refractivity contribution in [3.63, 3.8) is 0 Å². The number of hydrogen-bond acceptors (Lipinski definition) is 7. The van der Waals surface area contributed by atoms with Gasteiger partial charge in [0.25, 0.3) is 0 Å². The molecule has 0 aliphatic rings. The molecule has 0 aliphatic carbocycles. The predicted octanol–water partition coefficient (Wildman–Crippen LogP) is 4.05. The van der Waals surface area contributed by atoms with Crippen LogP contribution in [0.1, 0.15) is 16.4 Å². The lowest BCUT2D eigenvalue weighted by atomic mass is 10.2. The smallest absolute Gasteiger partial charge is 0.233 e. The van der Waals surface area contributed by atoms with Crippen LogP contribution in [-0.2, 0) is 17.9 Å². The standard InChI is InChI=1S/C21H21N5O2S2/c1-14-7-3-5-9-16(14)28-12-18-23-21(25-24-18)29-13-20(27)26(2)11-19-22-15-8-4-6-10-17(15)30-19/h3-10H,11-13H2,1-2H3,(H,23,24,25). The molecule has 1 N–H and O–H groups in total. The molecule has 0 fully saturated rings. The molecule has 2 aromatic heterocycles. The van der Waals surface area contributed by atoms with Crippen molar-refractivity contribution in [2.45, 2.75) is 25.2 Å². The molecule has 9 heteroatoms. The van der Waals surface area contributed by atoms with Crippen LogP contribution in [0.4, 0.5) is 0 Å². The van der Waals surface area contributed by atoms with Gasteiger partial charge in [0, 0.05) is 7.05 Å². The van der Waals surface area contributed by atoms with Gasteiger partial charge >= 0.3 is 0 Å². The zero-order chi connectivity index (χ0) is 20.9. The van der Waals surface area contributed by atoms with Crippen molar-refractivity contribution in [2.75, 3.05) is 12.8 Å². The molecular formula is C21H21N5O2S2. The van der Waals surface area contributed by atoms with Gasteiger partial charge in [0.05, 0.1) is 22.5 Å². The Morgan fingerprint density at radius 2 is 1.97 bits per heavy atom. The topological polar surface area (TPSA) is 84.0 Å². The van der Waals surface area contributed by atoms with E-state index in [1.807, 2.05) is 55.5 Å². The highest BCUT2D eigenvalue weighted by atomic mass is 32.2. The van der Waals surface area contributed by atoms with E-state index < -0.39 is 0 Å². The first-order valence-corrected chi connectivity index (χ1v) is 11.2. The molecule has 0 spiro atoms. The molecular weight excluding hydrogens is 418 g/mol. The summed E-state index contributed by atoms with van der Waals surface area (Å²) in [6.45, 7) is 2.78. The summed E-state index contributed by atoms with van der Waals surface area (Å²) in [6.07, 6.45) is 0. The van der Waals surface area contributed by atoms with Gasteiger partial charge in [-0.3, -0.25) is 9.89 Å². The van der Waals surface area contributed by atoms with Crippen LogP contribution >= 0.6 is 23.1 Å². The van der Waals surface area contributed by atoms with Crippen LogP contribution < -0.4 is 4.74 Å². The molecule has 0 aliphatic heterocycles. The van der Waals surface area contributed by atoms with Crippen molar-refractivity contribution >= 4 is 39.2 Å². The van der Waals surface area contributed by atoms with Gasteiger partial charge in [-0.25, -0.2) is 9.97 Å². The predicted molar refractivity (Wildman–Crippen MR) is 119 cm³/mol. The van der Waals surface area contributed by atoms with Gasteiger partial charge in [0.2, 0.25) is 11.1 Å². The number of carbonyl (C=O) groups is 1. The molecule has 154 valence electrons. The van der Waals surface area contributed by atoms with Crippen molar-refractivity contribution in [3.8, 4) is 5.75 Å². The average Bonchev–Trinajstić information content (AvgIpc) is 3.37. The highest BCUT2D eigenvalue weighted by molar-refractivity contribution is 7.99. The Morgan fingerprint density at radius 1 is 1.17 bits per heavy atom. The maximum absolute atomic E-state index is 12.5. The highest BCUT2D eigenvalue weighted by Gasteiger charge is 2.14. The zero-order valence-corrected chi connectivity index (χ0v) is 18.3. The molecule has 0 bridgehead atoms. The number of aromatic nitrogens is 4. The van der Waals surface area contributed by atoms with E-state index in [1.165, 1.54) is 11.8 Å². The molecule has 0 atom stereocenters. The van der Waals surface area contributed by atoms with E-state index >= 15 is 0 Å². The summed E-state index contributed by atoms with van der Waals surface area (Å²) in [4.78, 5) is 23.1. The van der Waals surface area contributed by atoms with E-state index in [2.05, 4.69) is 20.2 Å². The van der Waals surface area contributed by atoms with Crippen LogP contribution in [0, 0.1) is 6.92 Å². The Hall–Kier alpha value is -2.91. The normalized spacial score (nSPS) is 11.0. The number of thiazole rings is 1. The van der Waals surface area contributed by atoms with Crippen molar-refractivity contribution < 1.29 is 9.53 Å². The van der Waals surface area contributed by atoms with Gasteiger partial charge in [-0.15, -0.1) is 16.4 Å². The number of fused-ring (bicyclic) bond motifs is 1. The Labute approximate surface area is 182 Å². The number of hydrogen-bond donors (Lipinski definition) is 1. The second kappa shape index (κ2) is 9.27. The number of nitrogens with zero attached hydrogens (tertiary/aromatic N) is 4. The zero-order valence-electron chi connectivity index (χ0n) is 16.7. The summed E-state index contributed by atoms with van der Waals surface area (Å²) in [7, 11) is 1.79. The van der Waals surface area contributed by atoms with Gasteiger partial charge in [-0.05, 0) is 30.7 Å². The van der Waals surface area contributed by atoms with Crippen LogP contribution in [0.15, 0.2) is 53.7 Å². The molecule has 1 amide bonds. The van der Waals surface area contributed by atoms with Crippen LogP contribution in [0.5, 0.6) is 5.75 Å². The Balaban J connectivity index is 1.27. The quantitative estimate of drug-likeness (QED) is 0.417. The first-order valence-electron chi connectivity index (χ1n) is 9.39. The summed E-state index contributed by atoms with van der Waals surface area (Å²) >= 11 is 2.91. The molecule has 7 nitrogen and oxygen atoms in total. The monoisotopic (exact) mass is 439 g/mol. The molecule has 2 heterocycles. The number of carbonyl (C=O) groups excluding carboxylic acids is 1. The van der Waals surface area contributed by atoms with E-state index in [0.29, 0.717) is 24.1 Å². The van der Waals surface area contributed by atoms with Gasteiger partial charge in [-0.2, -0.15) is 0 Å². The third kappa shape index (κ3) is 4.98. The number of aromatic amines is 1. The number of ether oxygens (including phenoxy) is 1. The number of H-pyrrole nitrogens is 1. The van der Waals surface area contributed by atoms with E-state index in [-0.39, 0.29) is 11.7 Å². The third-order valence-electron chi connectivity index (χ3n) is 4.43. The fourth-order valence-electron chi connectivity index (χ4n) is 2.79. The number of amides is 1. The summed E-state index contributed by atoms with van der Waals surface area (Å²) in [6, 6.07) is 15.8. The minimum absolute atomic E-state index is 0.00164. The van der Waals surface area contributed by atoms with Crippen molar-refractivity contribution in [2.24, 2.45) is 0 Å². The molecule has 0 radical (unpaired) electrons. The molecule has 4 rings (SSSR count). The molecule has 2 aromatic carbocycles. The van der Waals surface area contributed by atoms with Gasteiger partial charge < -0.3 is 9.64 Å². The average molecular weight is 440 g/mol. The van der Waals surface area contributed by atoms with E-state index in [1.54, 1.807) is 23.3 Å². The van der Waals surface area contributed by atoms with Crippen molar-refractivity contribution in [1.82, 2.24) is 25.1 Å². The summed E-state index contributed by atoms with van der Waals surface area (Å²) < 4.78 is 6.90. The molecule has 0 unspecified atom stereocenters. The number of nitrogens with one attached hydrogen (secondary N) is 1. The first kappa shape index (κ1) is 20.4. The van der Waals surface area contributed by atoms with Crippen molar-refractivity contribution in [3.05, 3.63) is 64.9 Å². The van der Waals surface area contributed by atoms with Gasteiger partial charge in [0.15, 0.2) is 5.82 Å². The summed E-state index contributed by atoms with van der Waals surface area (Å²) in [5.74, 6) is 1.70. The van der Waals surface area contributed by atoms with Crippen LogP contribution in [0.2, 0.25) is 0 Å². The van der Waals surface area contributed by atoms with E-state index in [4.69, 9.17) is 4.74 Å². The lowest BCUT2D eigenvalue weighted by Gasteiger charge is -2.14. The number of aryl methyl sites for hydroxylation is 1. The van der Waals surface area contributed by atoms with Crippen LogP contribution in [-0.4, -0.2) is 43.8 Å².